The molecule has 0 heterocycles. The first-order valence-electron chi connectivity index (χ1n) is 12.7. The van der Waals surface area contributed by atoms with Gasteiger partial charge in [-0.15, -0.1) is 23.2 Å². The van der Waals surface area contributed by atoms with Crippen LogP contribution in [-0.2, 0) is 9.59 Å². The first kappa shape index (κ1) is 35.9. The molecule has 4 rings (SSSR count). The summed E-state index contributed by atoms with van der Waals surface area (Å²) in [5, 5.41) is 6.57. The number of amides is 3. The minimum atomic E-state index is -5.93. The second kappa shape index (κ2) is 13.3. The molecule has 1 aliphatic rings. The number of hydrogen-bond acceptors (Lipinski definition) is 3. The highest BCUT2D eigenvalue weighted by molar-refractivity contribution is 6.53. The Bertz CT molecular complexity index is 1720. The van der Waals surface area contributed by atoms with Gasteiger partial charge in [-0.3, -0.25) is 14.4 Å². The number of nitrogens with one attached hydrogen (secondary N) is 3. The summed E-state index contributed by atoms with van der Waals surface area (Å²) in [7, 11) is 0. The molecule has 246 valence electrons. The van der Waals surface area contributed by atoms with E-state index in [-0.39, 0.29) is 26.3 Å². The Kier molecular flexibility index (Phi) is 10.3. The van der Waals surface area contributed by atoms with Gasteiger partial charge in [-0.2, -0.15) is 22.0 Å². The van der Waals surface area contributed by atoms with Gasteiger partial charge in [0.05, 0.1) is 32.2 Å². The van der Waals surface area contributed by atoms with Crippen molar-refractivity contribution in [3.05, 3.63) is 86.4 Å². The second-order valence-corrected chi connectivity index (χ2v) is 12.6. The van der Waals surface area contributed by atoms with Crippen molar-refractivity contribution >= 4 is 92.8 Å². The number of anilines is 3. The minimum absolute atomic E-state index is 0.0478. The molecule has 0 aromatic heterocycles. The van der Waals surface area contributed by atoms with Crippen molar-refractivity contribution in [3.8, 4) is 0 Å². The van der Waals surface area contributed by atoms with Crippen LogP contribution in [-0.4, -0.2) is 34.2 Å². The molecule has 0 spiro atoms. The maximum Gasteiger partial charge on any atom is 0.453 e. The van der Waals surface area contributed by atoms with Crippen molar-refractivity contribution in [2.24, 2.45) is 5.92 Å². The van der Waals surface area contributed by atoms with Gasteiger partial charge in [-0.1, -0.05) is 40.9 Å². The molecule has 0 aliphatic heterocycles. The lowest BCUT2D eigenvalue weighted by Crippen LogP contribution is -2.37. The molecule has 0 bridgehead atoms. The molecular formula is C28H17Cl5F7N3O3. The standard InChI is InChI=1S/C28H17Cl5F7N3O3/c29-14-4-2-12(41-25(46)21-20(27(21,32)33)11-1-3-15(30)16(31)9-11)10-13(14)24(45)42-18-6-5-17(34)23(22(18)35)43-19(44)7-8-26(36,37)28(38,39)40/h1-6,9-10,20-21H,7-8H2,(H,41,46)(H,42,45)(H,43,44)/t20-,21?/m0/s1. The normalized spacial score (nSPS) is 17.3. The smallest absolute Gasteiger partial charge is 0.326 e. The van der Waals surface area contributed by atoms with Crippen LogP contribution >= 0.6 is 58.0 Å². The number of benzene rings is 3. The van der Waals surface area contributed by atoms with Gasteiger partial charge < -0.3 is 16.0 Å². The van der Waals surface area contributed by atoms with E-state index in [4.69, 9.17) is 58.0 Å². The average Bonchev–Trinajstić information content (AvgIpc) is 3.55. The number of halogens is 12. The second-order valence-electron chi connectivity index (χ2n) is 9.98. The molecule has 2 atom stereocenters. The summed E-state index contributed by atoms with van der Waals surface area (Å²) in [6.07, 6.45) is -9.33. The van der Waals surface area contributed by atoms with Crippen LogP contribution in [0.3, 0.4) is 0 Å². The maximum absolute atomic E-state index is 15.0. The van der Waals surface area contributed by atoms with E-state index in [1.54, 1.807) is 11.4 Å². The third-order valence-corrected chi connectivity index (χ3v) is 8.81. The third kappa shape index (κ3) is 7.60. The number of alkyl halides is 7. The Morgan fingerprint density at radius 3 is 2.09 bits per heavy atom. The van der Waals surface area contributed by atoms with E-state index in [2.05, 4.69) is 10.6 Å². The predicted octanol–water partition coefficient (Wildman–Crippen LogP) is 9.62. The van der Waals surface area contributed by atoms with Gasteiger partial charge in [0.1, 0.15) is 15.8 Å². The molecule has 3 N–H and O–H groups in total. The zero-order chi connectivity index (χ0) is 34.4. The Morgan fingerprint density at radius 1 is 0.804 bits per heavy atom. The van der Waals surface area contributed by atoms with Gasteiger partial charge in [-0.25, -0.2) is 8.78 Å². The van der Waals surface area contributed by atoms with Crippen molar-refractivity contribution in [2.75, 3.05) is 16.0 Å². The molecule has 6 nitrogen and oxygen atoms in total. The first-order valence-corrected chi connectivity index (χ1v) is 14.6. The fourth-order valence-corrected chi connectivity index (χ4v) is 5.68. The Morgan fingerprint density at radius 2 is 1.46 bits per heavy atom. The summed E-state index contributed by atoms with van der Waals surface area (Å²) in [6.45, 7) is 0. The number of hydrogen-bond donors (Lipinski definition) is 3. The fourth-order valence-electron chi connectivity index (χ4n) is 4.34. The minimum Gasteiger partial charge on any atom is -0.326 e. The van der Waals surface area contributed by atoms with Crippen LogP contribution in [0.2, 0.25) is 15.1 Å². The van der Waals surface area contributed by atoms with Gasteiger partial charge in [0.2, 0.25) is 11.8 Å². The first-order chi connectivity index (χ1) is 21.2. The number of rotatable bonds is 9. The molecule has 3 amide bonds. The van der Waals surface area contributed by atoms with Crippen molar-refractivity contribution in [1.82, 2.24) is 0 Å². The van der Waals surface area contributed by atoms with Gasteiger partial charge in [0.25, 0.3) is 5.91 Å². The van der Waals surface area contributed by atoms with Crippen LogP contribution in [0.15, 0.2) is 48.5 Å². The maximum atomic E-state index is 15.0. The van der Waals surface area contributed by atoms with Crippen LogP contribution < -0.4 is 16.0 Å². The fraction of sp³-hybridized carbons (Fsp3) is 0.250. The van der Waals surface area contributed by atoms with Crippen LogP contribution in [0.4, 0.5) is 47.8 Å². The van der Waals surface area contributed by atoms with Crippen LogP contribution in [0.5, 0.6) is 0 Å². The summed E-state index contributed by atoms with van der Waals surface area (Å²) in [4.78, 5) is 38.0. The monoisotopic (exact) mass is 751 g/mol. The Hall–Kier alpha value is -2.97. The quantitative estimate of drug-likeness (QED) is 0.150. The van der Waals surface area contributed by atoms with Gasteiger partial charge in [0, 0.05) is 24.4 Å². The summed E-state index contributed by atoms with van der Waals surface area (Å²) < 4.78 is 91.1. The summed E-state index contributed by atoms with van der Waals surface area (Å²) in [5.41, 5.74) is -1.64. The van der Waals surface area contributed by atoms with E-state index >= 15 is 4.39 Å². The molecule has 1 unspecified atom stereocenters. The van der Waals surface area contributed by atoms with E-state index in [0.717, 1.165) is 12.1 Å². The average molecular weight is 754 g/mol. The molecule has 3 aromatic rings. The van der Waals surface area contributed by atoms with E-state index in [0.29, 0.717) is 11.6 Å². The highest BCUT2D eigenvalue weighted by atomic mass is 35.5. The van der Waals surface area contributed by atoms with Crippen molar-refractivity contribution < 1.29 is 45.1 Å². The summed E-state index contributed by atoms with van der Waals surface area (Å²) in [6, 6.07) is 9.69. The molecule has 0 radical (unpaired) electrons. The van der Waals surface area contributed by atoms with Gasteiger partial charge >= 0.3 is 12.1 Å². The SMILES string of the molecule is O=C(CCC(F)(F)C(F)(F)F)Nc1c(F)ccc(NC(=O)c2cc(NC(=O)C3[C@H](c4ccc(Cl)c(Cl)c4)C3(Cl)Cl)ccc2Cl)c1F. The topological polar surface area (TPSA) is 87.3 Å². The van der Waals surface area contributed by atoms with E-state index in [1.807, 2.05) is 0 Å². The van der Waals surface area contributed by atoms with Crippen molar-refractivity contribution in [3.63, 3.8) is 0 Å². The molecule has 3 aromatic carbocycles. The van der Waals surface area contributed by atoms with Crippen LogP contribution in [0.1, 0.15) is 34.7 Å². The number of carbonyl (C=O) groups excluding carboxylic acids is 3. The highest BCUT2D eigenvalue weighted by Crippen LogP contribution is 2.65. The predicted molar refractivity (Wildman–Crippen MR) is 160 cm³/mol. The summed E-state index contributed by atoms with van der Waals surface area (Å²) in [5.74, 6) is -13.1. The third-order valence-electron chi connectivity index (χ3n) is 6.80. The van der Waals surface area contributed by atoms with E-state index < -0.39 is 81.8 Å². The van der Waals surface area contributed by atoms with Crippen LogP contribution in [0.25, 0.3) is 0 Å². The van der Waals surface area contributed by atoms with Gasteiger partial charge in [0.15, 0.2) is 5.82 Å². The lowest BCUT2D eigenvalue weighted by Gasteiger charge is -2.19. The molecule has 46 heavy (non-hydrogen) atoms. The highest BCUT2D eigenvalue weighted by Gasteiger charge is 2.67. The van der Waals surface area contributed by atoms with Crippen molar-refractivity contribution in [2.45, 2.75) is 35.2 Å². The van der Waals surface area contributed by atoms with Crippen LogP contribution in [0, 0.1) is 17.6 Å². The molecular weight excluding hydrogens is 737 g/mol. The lowest BCUT2D eigenvalue weighted by molar-refractivity contribution is -0.284. The lowest BCUT2D eigenvalue weighted by atomic mass is 10.1. The number of carbonyl (C=O) groups is 3. The van der Waals surface area contributed by atoms with Crippen molar-refractivity contribution in [1.29, 1.82) is 0 Å². The zero-order valence-electron chi connectivity index (χ0n) is 22.4. The Labute approximate surface area is 280 Å². The Balaban J connectivity index is 1.46. The molecule has 1 saturated carbocycles. The molecule has 18 heteroatoms. The summed E-state index contributed by atoms with van der Waals surface area (Å²) >= 11 is 30.8. The zero-order valence-corrected chi connectivity index (χ0v) is 26.2. The van der Waals surface area contributed by atoms with E-state index in [9.17, 15) is 40.7 Å². The largest absolute Gasteiger partial charge is 0.453 e. The molecule has 1 aliphatic carbocycles. The van der Waals surface area contributed by atoms with E-state index in [1.165, 1.54) is 24.3 Å². The molecule has 0 saturated heterocycles. The van der Waals surface area contributed by atoms with Gasteiger partial charge in [-0.05, 0) is 48.0 Å². The molecule has 1 fully saturated rings.